The second kappa shape index (κ2) is 17.0. The summed E-state index contributed by atoms with van der Waals surface area (Å²) in [6, 6.07) is 45.9. The van der Waals surface area contributed by atoms with Crippen molar-refractivity contribution in [2.75, 3.05) is 9.80 Å². The van der Waals surface area contributed by atoms with Gasteiger partial charge >= 0.3 is 0 Å². The predicted molar refractivity (Wildman–Crippen MR) is 255 cm³/mol. The third kappa shape index (κ3) is 7.68. The molecule has 0 saturated carbocycles. The standard InChI is InChI=1S/C55H51N3/c1-8-15-42-24-31-48(36-40(42)11-4)57(49-32-25-43(16-9-2)41(12-5)37-49)35-34-39-20-22-44(23-21-39)46-28-33-54-51(38-46)55(6,7)50-18-13-14-19-53(50)58(54)47-29-26-45(27-30-47)52(56)17-10-3/h8-38H,3-5,56H2,1-2,6-7H3/b15-8-,16-9-,35-34+,52-17-. The van der Waals surface area contributed by atoms with Gasteiger partial charge in [0.15, 0.2) is 0 Å². The van der Waals surface area contributed by atoms with Gasteiger partial charge in [-0.3, -0.25) is 0 Å². The first-order valence-corrected chi connectivity index (χ1v) is 19.8. The van der Waals surface area contributed by atoms with Crippen LogP contribution in [0.2, 0.25) is 0 Å². The molecule has 0 aliphatic carbocycles. The van der Waals surface area contributed by atoms with Crippen LogP contribution in [-0.4, -0.2) is 0 Å². The first-order valence-electron chi connectivity index (χ1n) is 19.8. The van der Waals surface area contributed by atoms with Crippen molar-refractivity contribution in [1.82, 2.24) is 0 Å². The van der Waals surface area contributed by atoms with Crippen LogP contribution in [0.15, 0.2) is 178 Å². The Morgan fingerprint density at radius 2 is 1.19 bits per heavy atom. The molecule has 0 fully saturated rings. The Kier molecular flexibility index (Phi) is 11.4. The number of allylic oxidation sites excluding steroid dienone is 4. The van der Waals surface area contributed by atoms with Gasteiger partial charge in [-0.1, -0.05) is 149 Å². The summed E-state index contributed by atoms with van der Waals surface area (Å²) in [5, 5.41) is 0. The van der Waals surface area contributed by atoms with E-state index in [1.165, 1.54) is 28.1 Å². The zero-order valence-corrected chi connectivity index (χ0v) is 34.0. The first-order chi connectivity index (χ1) is 28.2. The van der Waals surface area contributed by atoms with Gasteiger partial charge in [0.25, 0.3) is 0 Å². The number of rotatable bonds is 12. The minimum Gasteiger partial charge on any atom is -0.398 e. The normalized spacial score (nSPS) is 13.4. The SMILES string of the molecule is C=C/C=C(\N)c1ccc(N2c3ccccc3C(C)(C)c3cc(-c4ccc(/C=C/N(c5ccc(/C=C\C)c(C=C)c5)c5ccc(/C=C\C)c(C=C)c5)cc4)ccc32)cc1. The molecule has 0 atom stereocenters. The van der Waals surface area contributed by atoms with Gasteiger partial charge in [-0.05, 0) is 136 Å². The zero-order chi connectivity index (χ0) is 40.8. The van der Waals surface area contributed by atoms with E-state index in [-0.39, 0.29) is 5.41 Å². The zero-order valence-electron chi connectivity index (χ0n) is 34.0. The monoisotopic (exact) mass is 753 g/mol. The van der Waals surface area contributed by atoms with E-state index in [1.54, 1.807) is 6.08 Å². The molecule has 1 aliphatic rings. The van der Waals surface area contributed by atoms with E-state index in [4.69, 9.17) is 5.73 Å². The van der Waals surface area contributed by atoms with Crippen LogP contribution < -0.4 is 15.5 Å². The van der Waals surface area contributed by atoms with Crippen LogP contribution in [0.1, 0.15) is 72.2 Å². The average molecular weight is 754 g/mol. The van der Waals surface area contributed by atoms with E-state index in [2.05, 4.69) is 207 Å². The Balaban J connectivity index is 1.23. The quantitative estimate of drug-likeness (QED) is 0.126. The van der Waals surface area contributed by atoms with Crippen molar-refractivity contribution in [3.05, 3.63) is 222 Å². The van der Waals surface area contributed by atoms with Crippen LogP contribution in [0.5, 0.6) is 0 Å². The predicted octanol–water partition coefficient (Wildman–Crippen LogP) is 15.1. The second-order valence-electron chi connectivity index (χ2n) is 15.0. The van der Waals surface area contributed by atoms with Crippen LogP contribution >= 0.6 is 0 Å². The first kappa shape index (κ1) is 39.1. The van der Waals surface area contributed by atoms with Gasteiger partial charge in [-0.2, -0.15) is 0 Å². The van der Waals surface area contributed by atoms with Gasteiger partial charge in [0, 0.05) is 34.4 Å². The van der Waals surface area contributed by atoms with Crippen molar-refractivity contribution in [1.29, 1.82) is 0 Å². The molecule has 286 valence electrons. The lowest BCUT2D eigenvalue weighted by Crippen LogP contribution is -2.30. The molecule has 0 unspecified atom stereocenters. The smallest absolute Gasteiger partial charge is 0.0503 e. The van der Waals surface area contributed by atoms with E-state index in [1.807, 2.05) is 32.1 Å². The highest BCUT2D eigenvalue weighted by molar-refractivity contribution is 5.88. The lowest BCUT2D eigenvalue weighted by atomic mass is 9.73. The third-order valence-electron chi connectivity index (χ3n) is 11.0. The van der Waals surface area contributed by atoms with Crippen molar-refractivity contribution in [3.8, 4) is 11.1 Å². The molecule has 6 aromatic carbocycles. The molecule has 0 saturated heterocycles. The molecule has 1 heterocycles. The van der Waals surface area contributed by atoms with E-state index in [0.717, 1.165) is 56.0 Å². The maximum absolute atomic E-state index is 6.29. The number of nitrogens with two attached hydrogens (primary N) is 1. The number of hydrogen-bond acceptors (Lipinski definition) is 3. The summed E-state index contributed by atoms with van der Waals surface area (Å²) in [5.41, 5.74) is 23.7. The second-order valence-corrected chi connectivity index (χ2v) is 15.0. The van der Waals surface area contributed by atoms with Crippen LogP contribution in [-0.2, 0) is 5.41 Å². The van der Waals surface area contributed by atoms with E-state index >= 15 is 0 Å². The van der Waals surface area contributed by atoms with E-state index < -0.39 is 0 Å². The fraction of sp³-hybridized carbons (Fsp3) is 0.0909. The molecule has 3 heteroatoms. The average Bonchev–Trinajstić information content (AvgIpc) is 3.25. The van der Waals surface area contributed by atoms with Gasteiger partial charge in [0.2, 0.25) is 0 Å². The Morgan fingerprint density at radius 1 is 0.603 bits per heavy atom. The summed E-state index contributed by atoms with van der Waals surface area (Å²) in [4.78, 5) is 4.59. The van der Waals surface area contributed by atoms with Gasteiger partial charge in [0.05, 0.1) is 11.4 Å². The van der Waals surface area contributed by atoms with Gasteiger partial charge in [0.1, 0.15) is 0 Å². The van der Waals surface area contributed by atoms with Crippen molar-refractivity contribution >= 4 is 64.5 Å². The summed E-state index contributed by atoms with van der Waals surface area (Å²) in [7, 11) is 0. The highest BCUT2D eigenvalue weighted by Crippen LogP contribution is 2.52. The fourth-order valence-electron chi connectivity index (χ4n) is 7.90. The number of anilines is 5. The van der Waals surface area contributed by atoms with Crippen molar-refractivity contribution in [2.24, 2.45) is 5.73 Å². The molecule has 3 nitrogen and oxygen atoms in total. The molecule has 58 heavy (non-hydrogen) atoms. The van der Waals surface area contributed by atoms with Gasteiger partial charge in [-0.15, -0.1) is 0 Å². The summed E-state index contributed by atoms with van der Waals surface area (Å²) < 4.78 is 0. The Bertz CT molecular complexity index is 2540. The summed E-state index contributed by atoms with van der Waals surface area (Å²) in [6.07, 6.45) is 20.0. The number of nitrogens with zero attached hydrogens (tertiary/aromatic N) is 2. The molecular formula is C55H51N3. The number of para-hydroxylation sites is 1. The van der Waals surface area contributed by atoms with E-state index in [9.17, 15) is 0 Å². The number of hydrogen-bond donors (Lipinski definition) is 1. The molecule has 2 N–H and O–H groups in total. The van der Waals surface area contributed by atoms with Crippen LogP contribution in [0.25, 0.3) is 47.2 Å². The molecule has 0 bridgehead atoms. The van der Waals surface area contributed by atoms with Crippen molar-refractivity contribution in [3.63, 3.8) is 0 Å². The topological polar surface area (TPSA) is 32.5 Å². The lowest BCUT2D eigenvalue weighted by molar-refractivity contribution is 0.632. The molecule has 0 radical (unpaired) electrons. The summed E-state index contributed by atoms with van der Waals surface area (Å²) >= 11 is 0. The van der Waals surface area contributed by atoms with Crippen LogP contribution in [0, 0.1) is 0 Å². The molecule has 0 amide bonds. The van der Waals surface area contributed by atoms with Crippen LogP contribution in [0.4, 0.5) is 28.4 Å². The Labute approximate surface area is 345 Å². The molecule has 0 spiro atoms. The highest BCUT2D eigenvalue weighted by Gasteiger charge is 2.37. The fourth-order valence-corrected chi connectivity index (χ4v) is 7.90. The Morgan fingerprint density at radius 3 is 1.78 bits per heavy atom. The minimum atomic E-state index is -0.214. The summed E-state index contributed by atoms with van der Waals surface area (Å²) in [6.45, 7) is 20.7. The molecular weight excluding hydrogens is 703 g/mol. The van der Waals surface area contributed by atoms with Crippen molar-refractivity contribution in [2.45, 2.75) is 33.1 Å². The summed E-state index contributed by atoms with van der Waals surface area (Å²) in [5.74, 6) is 0. The molecule has 0 aromatic heterocycles. The van der Waals surface area contributed by atoms with Crippen molar-refractivity contribution < 1.29 is 0 Å². The maximum atomic E-state index is 6.29. The maximum Gasteiger partial charge on any atom is 0.0503 e. The lowest BCUT2D eigenvalue weighted by Gasteiger charge is -2.42. The molecule has 6 aromatic rings. The van der Waals surface area contributed by atoms with E-state index in [0.29, 0.717) is 5.70 Å². The minimum absolute atomic E-state index is 0.214. The Hall–Kier alpha value is -7.10. The number of benzene rings is 6. The highest BCUT2D eigenvalue weighted by atomic mass is 15.2. The third-order valence-corrected chi connectivity index (χ3v) is 11.0. The van der Waals surface area contributed by atoms with Crippen LogP contribution in [0.3, 0.4) is 0 Å². The largest absolute Gasteiger partial charge is 0.398 e. The van der Waals surface area contributed by atoms with Gasteiger partial charge in [-0.25, -0.2) is 0 Å². The molecule has 1 aliphatic heterocycles. The number of fused-ring (bicyclic) bond motifs is 2. The molecule has 7 rings (SSSR count). The van der Waals surface area contributed by atoms with Gasteiger partial charge < -0.3 is 15.5 Å².